The summed E-state index contributed by atoms with van der Waals surface area (Å²) in [5.74, 6) is 0.782. The lowest BCUT2D eigenvalue weighted by molar-refractivity contribution is -0.0365. The molecule has 1 aromatic carbocycles. The average Bonchev–Trinajstić information content (AvgIpc) is 3.38. The highest BCUT2D eigenvalue weighted by Crippen LogP contribution is 2.37. The summed E-state index contributed by atoms with van der Waals surface area (Å²) in [6, 6.07) is 6.10. The van der Waals surface area contributed by atoms with Crippen LogP contribution in [-0.2, 0) is 15.9 Å². The number of benzene rings is 1. The number of carbonyl (C=O) groups excluding carboxylic acids is 1. The van der Waals surface area contributed by atoms with E-state index in [-0.39, 0.29) is 12.3 Å². The number of carbonyl (C=O) groups is 1. The van der Waals surface area contributed by atoms with Gasteiger partial charge in [0.15, 0.2) is 6.23 Å². The standard InChI is InChI=1S/C22H26N4O4S/c1-14-7-9-23-22(27)29-11-8-19-24-13-18(31-19)21-16-12-15(30-14)5-6-17(16)26(25-21)20-4-2-3-10-28-20/h5-6,12-14,20H,2-4,7-11H2,1H3,(H,23,27)/t14-,20?/m1/s1. The Hall–Kier alpha value is -2.65. The minimum atomic E-state index is -0.411. The number of alkyl carbamates (subject to hydrolysis) is 1. The van der Waals surface area contributed by atoms with Crippen LogP contribution in [0, 0.1) is 0 Å². The van der Waals surface area contributed by atoms with Gasteiger partial charge < -0.3 is 19.5 Å². The van der Waals surface area contributed by atoms with Gasteiger partial charge >= 0.3 is 6.09 Å². The Kier molecular flexibility index (Phi) is 5.78. The molecule has 2 aliphatic heterocycles. The summed E-state index contributed by atoms with van der Waals surface area (Å²) in [5, 5.41) is 9.68. The fourth-order valence-corrected chi connectivity index (χ4v) is 4.90. The SMILES string of the molecule is C[C@@H]1CCNC(=O)OCCc2ncc(s2)-c2nn(C3CCCCO3)c3ccc(cc23)O1. The molecule has 1 fully saturated rings. The predicted molar refractivity (Wildman–Crippen MR) is 117 cm³/mol. The number of nitrogens with one attached hydrogen (secondary N) is 1. The van der Waals surface area contributed by atoms with Crippen LogP contribution in [0.4, 0.5) is 4.79 Å². The van der Waals surface area contributed by atoms with Gasteiger partial charge in [-0.05, 0) is 44.4 Å². The van der Waals surface area contributed by atoms with Crippen molar-refractivity contribution < 1.29 is 19.0 Å². The molecule has 164 valence electrons. The number of ether oxygens (including phenoxy) is 3. The minimum absolute atomic E-state index is 0.0531. The lowest BCUT2D eigenvalue weighted by Gasteiger charge is -2.23. The van der Waals surface area contributed by atoms with Gasteiger partial charge in [0.2, 0.25) is 0 Å². The van der Waals surface area contributed by atoms with Gasteiger partial charge in [-0.2, -0.15) is 5.10 Å². The van der Waals surface area contributed by atoms with Crippen LogP contribution in [-0.4, -0.2) is 46.7 Å². The van der Waals surface area contributed by atoms with Crippen molar-refractivity contribution in [1.82, 2.24) is 20.1 Å². The summed E-state index contributed by atoms with van der Waals surface area (Å²) in [6.07, 6.45) is 5.78. The molecular formula is C22H26N4O4S. The van der Waals surface area contributed by atoms with E-state index in [1.807, 2.05) is 23.9 Å². The van der Waals surface area contributed by atoms with Crippen molar-refractivity contribution in [3.8, 4) is 16.3 Å². The minimum Gasteiger partial charge on any atom is -0.491 e. The molecular weight excluding hydrogens is 416 g/mol. The molecule has 0 spiro atoms. The Morgan fingerprint density at radius 3 is 3.03 bits per heavy atom. The van der Waals surface area contributed by atoms with Crippen molar-refractivity contribution in [2.75, 3.05) is 19.8 Å². The van der Waals surface area contributed by atoms with Gasteiger partial charge in [-0.25, -0.2) is 14.5 Å². The maximum Gasteiger partial charge on any atom is 0.407 e. The van der Waals surface area contributed by atoms with E-state index in [9.17, 15) is 4.79 Å². The molecule has 2 atom stereocenters. The fourth-order valence-electron chi connectivity index (χ4n) is 4.00. The Labute approximate surface area is 184 Å². The lowest BCUT2D eigenvalue weighted by atomic mass is 10.1. The summed E-state index contributed by atoms with van der Waals surface area (Å²) in [5.41, 5.74) is 1.92. The number of rotatable bonds is 1. The second-order valence-corrected chi connectivity index (χ2v) is 9.06. The first-order valence-electron chi connectivity index (χ1n) is 10.8. The van der Waals surface area contributed by atoms with E-state index in [1.165, 1.54) is 0 Å². The molecule has 1 amide bonds. The molecule has 2 aromatic heterocycles. The molecule has 9 heteroatoms. The number of aromatic nitrogens is 3. The summed E-state index contributed by atoms with van der Waals surface area (Å²) < 4.78 is 19.4. The van der Waals surface area contributed by atoms with Gasteiger partial charge in [0.25, 0.3) is 0 Å². The molecule has 5 rings (SSSR count). The van der Waals surface area contributed by atoms with E-state index < -0.39 is 6.09 Å². The molecule has 1 N–H and O–H groups in total. The Morgan fingerprint density at radius 1 is 1.23 bits per heavy atom. The van der Waals surface area contributed by atoms with Crippen LogP contribution in [0.3, 0.4) is 0 Å². The van der Waals surface area contributed by atoms with Crippen LogP contribution in [0.1, 0.15) is 43.8 Å². The van der Waals surface area contributed by atoms with Crippen molar-refractivity contribution in [2.24, 2.45) is 0 Å². The maximum atomic E-state index is 11.9. The van der Waals surface area contributed by atoms with Crippen LogP contribution in [0.25, 0.3) is 21.5 Å². The van der Waals surface area contributed by atoms with Gasteiger partial charge in [-0.3, -0.25) is 0 Å². The van der Waals surface area contributed by atoms with E-state index in [4.69, 9.17) is 19.3 Å². The van der Waals surface area contributed by atoms with Gasteiger partial charge in [-0.1, -0.05) is 0 Å². The van der Waals surface area contributed by atoms with E-state index in [0.717, 1.165) is 58.1 Å². The molecule has 31 heavy (non-hydrogen) atoms. The largest absolute Gasteiger partial charge is 0.491 e. The van der Waals surface area contributed by atoms with E-state index in [1.54, 1.807) is 11.3 Å². The third-order valence-corrected chi connectivity index (χ3v) is 6.66. The Bertz CT molecular complexity index is 1070. The number of hydrogen-bond donors (Lipinski definition) is 1. The van der Waals surface area contributed by atoms with E-state index >= 15 is 0 Å². The highest BCUT2D eigenvalue weighted by atomic mass is 32.1. The number of hydrogen-bond acceptors (Lipinski definition) is 7. The maximum absolute atomic E-state index is 11.9. The van der Waals surface area contributed by atoms with Crippen LogP contribution in [0.2, 0.25) is 0 Å². The normalized spacial score (nSPS) is 22.7. The van der Waals surface area contributed by atoms with E-state index in [2.05, 4.69) is 22.4 Å². The number of thiazole rings is 1. The van der Waals surface area contributed by atoms with Crippen LogP contribution in [0.15, 0.2) is 24.4 Å². The molecule has 1 unspecified atom stereocenters. The zero-order valence-electron chi connectivity index (χ0n) is 17.5. The van der Waals surface area contributed by atoms with Crippen molar-refractivity contribution in [2.45, 2.75) is 51.4 Å². The van der Waals surface area contributed by atoms with Gasteiger partial charge in [-0.15, -0.1) is 11.3 Å². The first-order valence-corrected chi connectivity index (χ1v) is 11.7. The molecule has 1 saturated heterocycles. The molecule has 2 aliphatic rings. The zero-order valence-corrected chi connectivity index (χ0v) is 18.3. The molecule has 0 saturated carbocycles. The lowest BCUT2D eigenvalue weighted by Crippen LogP contribution is -2.29. The zero-order chi connectivity index (χ0) is 21.2. The molecule has 0 radical (unpaired) electrons. The van der Waals surface area contributed by atoms with Crippen LogP contribution >= 0.6 is 11.3 Å². The smallest absolute Gasteiger partial charge is 0.407 e. The Morgan fingerprint density at radius 2 is 2.16 bits per heavy atom. The fraction of sp³-hybridized carbons (Fsp3) is 0.500. The molecule has 4 heterocycles. The number of fused-ring (bicyclic) bond motifs is 4. The quantitative estimate of drug-likeness (QED) is 0.605. The van der Waals surface area contributed by atoms with Gasteiger partial charge in [0.1, 0.15) is 11.4 Å². The second-order valence-electron chi connectivity index (χ2n) is 7.94. The third-order valence-electron chi connectivity index (χ3n) is 5.60. The number of amides is 1. The molecule has 0 aliphatic carbocycles. The van der Waals surface area contributed by atoms with Crippen LogP contribution in [0.5, 0.6) is 5.75 Å². The second kappa shape index (κ2) is 8.84. The van der Waals surface area contributed by atoms with Crippen molar-refractivity contribution in [3.63, 3.8) is 0 Å². The monoisotopic (exact) mass is 442 g/mol. The average molecular weight is 443 g/mol. The first kappa shape index (κ1) is 20.3. The van der Waals surface area contributed by atoms with Crippen molar-refractivity contribution in [1.29, 1.82) is 0 Å². The third kappa shape index (κ3) is 4.38. The molecule has 4 bridgehead atoms. The van der Waals surface area contributed by atoms with E-state index in [0.29, 0.717) is 26.0 Å². The van der Waals surface area contributed by atoms with Gasteiger partial charge in [0.05, 0.1) is 28.1 Å². The van der Waals surface area contributed by atoms with Crippen LogP contribution < -0.4 is 10.1 Å². The van der Waals surface area contributed by atoms with Gasteiger partial charge in [0, 0.05) is 37.6 Å². The molecule has 8 nitrogen and oxygen atoms in total. The topological polar surface area (TPSA) is 87.5 Å². The van der Waals surface area contributed by atoms with Crippen molar-refractivity contribution in [3.05, 3.63) is 29.4 Å². The highest BCUT2D eigenvalue weighted by molar-refractivity contribution is 7.15. The number of cyclic esters (lactones) is 1. The summed E-state index contributed by atoms with van der Waals surface area (Å²) in [6.45, 7) is 3.54. The highest BCUT2D eigenvalue weighted by Gasteiger charge is 2.23. The first-order chi connectivity index (χ1) is 15.2. The van der Waals surface area contributed by atoms with Crippen molar-refractivity contribution >= 4 is 28.3 Å². The summed E-state index contributed by atoms with van der Waals surface area (Å²) in [7, 11) is 0. The molecule has 3 aromatic rings. The Balaban J connectivity index is 1.57. The summed E-state index contributed by atoms with van der Waals surface area (Å²) >= 11 is 1.57. The summed E-state index contributed by atoms with van der Waals surface area (Å²) in [4.78, 5) is 17.4. The predicted octanol–water partition coefficient (Wildman–Crippen LogP) is 4.30. The number of nitrogens with zero attached hydrogens (tertiary/aromatic N) is 3.